The van der Waals surface area contributed by atoms with Crippen LogP contribution in [0.25, 0.3) is 0 Å². The predicted octanol–water partition coefficient (Wildman–Crippen LogP) is 3.22. The lowest BCUT2D eigenvalue weighted by atomic mass is 10.2. The SMILES string of the molecule is CNC(COCC(F)(F)F)Cc1cc(Br)cs1. The fourth-order valence-electron chi connectivity index (χ4n) is 1.26. The van der Waals surface area contributed by atoms with Crippen LogP contribution in [-0.2, 0) is 11.2 Å². The second kappa shape index (κ2) is 6.72. The van der Waals surface area contributed by atoms with Crippen molar-refractivity contribution in [2.75, 3.05) is 20.3 Å². The predicted molar refractivity (Wildman–Crippen MR) is 65.4 cm³/mol. The topological polar surface area (TPSA) is 21.3 Å². The maximum absolute atomic E-state index is 11.9. The van der Waals surface area contributed by atoms with Gasteiger partial charge in [-0.1, -0.05) is 0 Å². The first-order valence-corrected chi connectivity index (χ1v) is 6.62. The van der Waals surface area contributed by atoms with Gasteiger partial charge in [-0.3, -0.25) is 0 Å². The van der Waals surface area contributed by atoms with Crippen LogP contribution >= 0.6 is 27.3 Å². The Bertz CT molecular complexity index is 343. The molecule has 0 bridgehead atoms. The summed E-state index contributed by atoms with van der Waals surface area (Å²) in [6.07, 6.45) is -3.60. The van der Waals surface area contributed by atoms with E-state index in [1.807, 2.05) is 11.4 Å². The minimum absolute atomic E-state index is 0.0472. The molecular formula is C10H13BrF3NOS. The number of rotatable bonds is 6. The van der Waals surface area contributed by atoms with Crippen LogP contribution in [0.5, 0.6) is 0 Å². The van der Waals surface area contributed by atoms with Gasteiger partial charge in [0.15, 0.2) is 0 Å². The average molecular weight is 332 g/mol. The maximum Gasteiger partial charge on any atom is 0.411 e. The monoisotopic (exact) mass is 331 g/mol. The van der Waals surface area contributed by atoms with E-state index in [1.165, 1.54) is 0 Å². The van der Waals surface area contributed by atoms with Crippen LogP contribution in [0.1, 0.15) is 4.88 Å². The van der Waals surface area contributed by atoms with Crippen LogP contribution in [0.2, 0.25) is 0 Å². The third-order valence-corrected chi connectivity index (χ3v) is 3.78. The lowest BCUT2D eigenvalue weighted by Gasteiger charge is -2.16. The van der Waals surface area contributed by atoms with Gasteiger partial charge in [0, 0.05) is 20.8 Å². The highest BCUT2D eigenvalue weighted by atomic mass is 79.9. The van der Waals surface area contributed by atoms with Gasteiger partial charge in [0.25, 0.3) is 0 Å². The second-order valence-electron chi connectivity index (χ2n) is 3.55. The molecule has 2 nitrogen and oxygen atoms in total. The molecule has 0 saturated heterocycles. The summed E-state index contributed by atoms with van der Waals surface area (Å²) >= 11 is 4.90. The van der Waals surface area contributed by atoms with Crippen molar-refractivity contribution in [3.8, 4) is 0 Å². The molecule has 1 heterocycles. The first-order valence-electron chi connectivity index (χ1n) is 4.95. The van der Waals surface area contributed by atoms with Gasteiger partial charge in [-0.15, -0.1) is 11.3 Å². The zero-order chi connectivity index (χ0) is 12.9. The summed E-state index contributed by atoms with van der Waals surface area (Å²) in [6.45, 7) is -1.15. The number of alkyl halides is 3. The van der Waals surface area contributed by atoms with E-state index in [-0.39, 0.29) is 12.6 Å². The van der Waals surface area contributed by atoms with Crippen molar-refractivity contribution in [3.05, 3.63) is 20.8 Å². The van der Waals surface area contributed by atoms with Crippen molar-refractivity contribution in [2.45, 2.75) is 18.6 Å². The molecule has 98 valence electrons. The number of nitrogens with one attached hydrogen (secondary N) is 1. The number of likely N-dealkylation sites (N-methyl/N-ethyl adjacent to an activating group) is 1. The Morgan fingerprint density at radius 2 is 2.24 bits per heavy atom. The van der Waals surface area contributed by atoms with E-state index in [9.17, 15) is 13.2 Å². The molecule has 0 saturated carbocycles. The third kappa shape index (κ3) is 6.40. The van der Waals surface area contributed by atoms with E-state index < -0.39 is 12.8 Å². The Labute approximate surface area is 110 Å². The number of thiophene rings is 1. The fourth-order valence-corrected chi connectivity index (χ4v) is 2.80. The highest BCUT2D eigenvalue weighted by Gasteiger charge is 2.27. The first kappa shape index (κ1) is 14.9. The normalized spacial score (nSPS) is 13.9. The van der Waals surface area contributed by atoms with Crippen molar-refractivity contribution < 1.29 is 17.9 Å². The molecule has 0 spiro atoms. The molecule has 0 aliphatic rings. The summed E-state index contributed by atoms with van der Waals surface area (Å²) in [4.78, 5) is 1.10. The molecule has 0 radical (unpaired) electrons. The number of hydrogen-bond donors (Lipinski definition) is 1. The summed E-state index contributed by atoms with van der Waals surface area (Å²) in [5, 5.41) is 4.89. The Morgan fingerprint density at radius 1 is 1.53 bits per heavy atom. The minimum Gasteiger partial charge on any atom is -0.370 e. The van der Waals surface area contributed by atoms with Crippen LogP contribution in [0.15, 0.2) is 15.9 Å². The molecule has 0 fully saturated rings. The summed E-state index contributed by atoms with van der Waals surface area (Å²) in [7, 11) is 1.71. The molecule has 0 aromatic carbocycles. The number of hydrogen-bond acceptors (Lipinski definition) is 3. The molecule has 0 aliphatic heterocycles. The smallest absolute Gasteiger partial charge is 0.370 e. The molecule has 17 heavy (non-hydrogen) atoms. The Kier molecular flexibility index (Phi) is 5.91. The summed E-state index contributed by atoms with van der Waals surface area (Å²) in [5.74, 6) is 0. The fraction of sp³-hybridized carbons (Fsp3) is 0.600. The van der Waals surface area contributed by atoms with Gasteiger partial charge in [0.1, 0.15) is 6.61 Å². The van der Waals surface area contributed by atoms with E-state index in [0.29, 0.717) is 6.42 Å². The van der Waals surface area contributed by atoms with Crippen LogP contribution < -0.4 is 5.32 Å². The van der Waals surface area contributed by atoms with E-state index in [0.717, 1.165) is 9.35 Å². The van der Waals surface area contributed by atoms with Gasteiger partial charge < -0.3 is 10.1 Å². The zero-order valence-corrected chi connectivity index (χ0v) is 11.6. The van der Waals surface area contributed by atoms with Crippen LogP contribution in [0.3, 0.4) is 0 Å². The van der Waals surface area contributed by atoms with Crippen molar-refractivity contribution in [2.24, 2.45) is 0 Å². The Morgan fingerprint density at radius 3 is 2.71 bits per heavy atom. The van der Waals surface area contributed by atoms with Crippen LogP contribution in [-0.4, -0.2) is 32.5 Å². The molecule has 1 atom stereocenters. The molecule has 1 unspecified atom stereocenters. The van der Waals surface area contributed by atoms with Crippen molar-refractivity contribution >= 4 is 27.3 Å². The van der Waals surface area contributed by atoms with Crippen molar-refractivity contribution in [1.29, 1.82) is 0 Å². The highest BCUT2D eigenvalue weighted by Crippen LogP contribution is 2.21. The van der Waals surface area contributed by atoms with E-state index in [2.05, 4.69) is 26.0 Å². The lowest BCUT2D eigenvalue weighted by molar-refractivity contribution is -0.175. The molecular weight excluding hydrogens is 319 g/mol. The Hall–Kier alpha value is -0.110. The van der Waals surface area contributed by atoms with Crippen molar-refractivity contribution in [1.82, 2.24) is 5.32 Å². The highest BCUT2D eigenvalue weighted by molar-refractivity contribution is 9.10. The van der Waals surface area contributed by atoms with E-state index in [1.54, 1.807) is 18.4 Å². The van der Waals surface area contributed by atoms with E-state index >= 15 is 0 Å². The number of halogens is 4. The maximum atomic E-state index is 11.9. The van der Waals surface area contributed by atoms with E-state index in [4.69, 9.17) is 0 Å². The number of ether oxygens (including phenoxy) is 1. The third-order valence-electron chi connectivity index (χ3n) is 2.06. The zero-order valence-electron chi connectivity index (χ0n) is 9.18. The van der Waals surface area contributed by atoms with Gasteiger partial charge >= 0.3 is 6.18 Å². The van der Waals surface area contributed by atoms with Gasteiger partial charge in [-0.05, 0) is 35.5 Å². The van der Waals surface area contributed by atoms with Gasteiger partial charge in [-0.2, -0.15) is 13.2 Å². The van der Waals surface area contributed by atoms with Crippen molar-refractivity contribution in [3.63, 3.8) is 0 Å². The summed E-state index contributed by atoms with van der Waals surface area (Å²) < 4.78 is 41.3. The minimum atomic E-state index is -4.26. The summed E-state index contributed by atoms with van der Waals surface area (Å²) in [6, 6.07) is 1.85. The first-order chi connectivity index (χ1) is 7.90. The van der Waals surface area contributed by atoms with Crippen LogP contribution in [0, 0.1) is 0 Å². The lowest BCUT2D eigenvalue weighted by Crippen LogP contribution is -2.33. The van der Waals surface area contributed by atoms with Gasteiger partial charge in [0.05, 0.1) is 6.61 Å². The van der Waals surface area contributed by atoms with Crippen LogP contribution in [0.4, 0.5) is 13.2 Å². The molecule has 1 aromatic rings. The molecule has 0 aliphatic carbocycles. The van der Waals surface area contributed by atoms with Gasteiger partial charge in [-0.25, -0.2) is 0 Å². The quantitative estimate of drug-likeness (QED) is 0.864. The average Bonchev–Trinajstić information content (AvgIpc) is 2.60. The molecule has 1 aromatic heterocycles. The molecule has 0 amide bonds. The molecule has 7 heteroatoms. The van der Waals surface area contributed by atoms with Gasteiger partial charge in [0.2, 0.25) is 0 Å². The summed E-state index contributed by atoms with van der Waals surface area (Å²) in [5.41, 5.74) is 0. The molecule has 1 rings (SSSR count). The second-order valence-corrected chi connectivity index (χ2v) is 5.46. The largest absolute Gasteiger partial charge is 0.411 e. The molecule has 1 N–H and O–H groups in total. The standard InChI is InChI=1S/C10H13BrF3NOS/c1-15-8(4-16-6-10(12,13)14)3-9-2-7(11)5-17-9/h2,5,8,15H,3-4,6H2,1H3. The Balaban J connectivity index is 2.34.